The van der Waals surface area contributed by atoms with Crippen LogP contribution in [-0.4, -0.2) is 41.4 Å². The SMILES string of the molecule is CC(C)(C)NC(=O)CN1CC(N)CCC1=O. The van der Waals surface area contributed by atoms with E-state index in [-0.39, 0.29) is 29.9 Å². The maximum absolute atomic E-state index is 11.6. The van der Waals surface area contributed by atoms with Gasteiger partial charge in [-0.05, 0) is 27.2 Å². The van der Waals surface area contributed by atoms with Crippen molar-refractivity contribution >= 4 is 11.8 Å². The molecular formula is C11H21N3O2. The first-order valence-electron chi connectivity index (χ1n) is 5.62. The number of hydrogen-bond donors (Lipinski definition) is 2. The molecule has 1 aliphatic heterocycles. The van der Waals surface area contributed by atoms with E-state index in [0.29, 0.717) is 13.0 Å². The lowest BCUT2D eigenvalue weighted by atomic mass is 10.1. The van der Waals surface area contributed by atoms with E-state index in [1.54, 1.807) is 0 Å². The average molecular weight is 227 g/mol. The van der Waals surface area contributed by atoms with E-state index in [1.165, 1.54) is 4.90 Å². The number of carbonyl (C=O) groups excluding carboxylic acids is 2. The zero-order chi connectivity index (χ0) is 12.3. The van der Waals surface area contributed by atoms with Crippen LogP contribution in [0.5, 0.6) is 0 Å². The molecule has 1 saturated heterocycles. The summed E-state index contributed by atoms with van der Waals surface area (Å²) in [6.45, 7) is 6.33. The summed E-state index contributed by atoms with van der Waals surface area (Å²) >= 11 is 0. The van der Waals surface area contributed by atoms with Crippen molar-refractivity contribution in [2.45, 2.75) is 45.2 Å². The fourth-order valence-corrected chi connectivity index (χ4v) is 1.73. The average Bonchev–Trinajstić information content (AvgIpc) is 2.08. The van der Waals surface area contributed by atoms with Crippen LogP contribution in [0.25, 0.3) is 0 Å². The molecule has 0 spiro atoms. The highest BCUT2D eigenvalue weighted by Gasteiger charge is 2.25. The van der Waals surface area contributed by atoms with Crippen molar-refractivity contribution in [1.29, 1.82) is 0 Å². The van der Waals surface area contributed by atoms with Crippen molar-refractivity contribution in [3.05, 3.63) is 0 Å². The third-order valence-corrected chi connectivity index (χ3v) is 2.39. The van der Waals surface area contributed by atoms with Gasteiger partial charge in [0.2, 0.25) is 11.8 Å². The van der Waals surface area contributed by atoms with Crippen LogP contribution in [0.3, 0.4) is 0 Å². The van der Waals surface area contributed by atoms with Crippen LogP contribution in [-0.2, 0) is 9.59 Å². The number of rotatable bonds is 2. The van der Waals surface area contributed by atoms with E-state index >= 15 is 0 Å². The van der Waals surface area contributed by atoms with Crippen molar-refractivity contribution in [3.8, 4) is 0 Å². The molecule has 0 radical (unpaired) electrons. The molecule has 0 aromatic heterocycles. The van der Waals surface area contributed by atoms with Crippen LogP contribution >= 0.6 is 0 Å². The number of amides is 2. The van der Waals surface area contributed by atoms with Crippen LogP contribution in [0, 0.1) is 0 Å². The Kier molecular flexibility index (Phi) is 3.91. The van der Waals surface area contributed by atoms with Gasteiger partial charge in [-0.3, -0.25) is 9.59 Å². The first kappa shape index (κ1) is 13.0. The molecule has 16 heavy (non-hydrogen) atoms. The highest BCUT2D eigenvalue weighted by atomic mass is 16.2. The topological polar surface area (TPSA) is 75.4 Å². The molecule has 1 heterocycles. The molecule has 1 unspecified atom stereocenters. The fourth-order valence-electron chi connectivity index (χ4n) is 1.73. The zero-order valence-electron chi connectivity index (χ0n) is 10.2. The lowest BCUT2D eigenvalue weighted by molar-refractivity contribution is -0.138. The largest absolute Gasteiger partial charge is 0.350 e. The minimum Gasteiger partial charge on any atom is -0.350 e. The van der Waals surface area contributed by atoms with Gasteiger partial charge in [0.25, 0.3) is 0 Å². The van der Waals surface area contributed by atoms with Gasteiger partial charge in [-0.25, -0.2) is 0 Å². The molecule has 0 aromatic carbocycles. The highest BCUT2D eigenvalue weighted by molar-refractivity contribution is 5.85. The molecule has 0 bridgehead atoms. The second-order valence-corrected chi connectivity index (χ2v) is 5.37. The van der Waals surface area contributed by atoms with E-state index in [9.17, 15) is 9.59 Å². The summed E-state index contributed by atoms with van der Waals surface area (Å²) in [6, 6.07) is 0.000127. The predicted molar refractivity (Wildman–Crippen MR) is 61.7 cm³/mol. The van der Waals surface area contributed by atoms with Crippen LogP contribution in [0.1, 0.15) is 33.6 Å². The summed E-state index contributed by atoms with van der Waals surface area (Å²) in [5.41, 5.74) is 5.50. The summed E-state index contributed by atoms with van der Waals surface area (Å²) in [4.78, 5) is 24.7. The lowest BCUT2D eigenvalue weighted by Crippen LogP contribution is -2.52. The Hall–Kier alpha value is -1.10. The molecule has 3 N–H and O–H groups in total. The molecule has 2 amide bonds. The van der Waals surface area contributed by atoms with Gasteiger partial charge in [-0.2, -0.15) is 0 Å². The molecule has 5 heteroatoms. The van der Waals surface area contributed by atoms with Gasteiger partial charge in [0, 0.05) is 24.5 Å². The first-order valence-corrected chi connectivity index (χ1v) is 5.62. The molecule has 5 nitrogen and oxygen atoms in total. The normalized spacial score (nSPS) is 22.1. The Morgan fingerprint density at radius 1 is 1.56 bits per heavy atom. The molecule has 0 saturated carbocycles. The molecule has 1 rings (SSSR count). The lowest BCUT2D eigenvalue weighted by Gasteiger charge is -2.31. The molecule has 0 aromatic rings. The number of piperidine rings is 1. The van der Waals surface area contributed by atoms with Gasteiger partial charge in [-0.1, -0.05) is 0 Å². The second kappa shape index (κ2) is 4.82. The Morgan fingerprint density at radius 2 is 2.19 bits per heavy atom. The van der Waals surface area contributed by atoms with Gasteiger partial charge in [0.1, 0.15) is 0 Å². The quantitative estimate of drug-likeness (QED) is 0.689. The smallest absolute Gasteiger partial charge is 0.240 e. The number of nitrogens with zero attached hydrogens (tertiary/aromatic N) is 1. The number of carbonyl (C=O) groups is 2. The number of likely N-dealkylation sites (tertiary alicyclic amines) is 1. The number of nitrogens with two attached hydrogens (primary N) is 1. The van der Waals surface area contributed by atoms with Crippen molar-refractivity contribution in [1.82, 2.24) is 10.2 Å². The van der Waals surface area contributed by atoms with Gasteiger partial charge < -0.3 is 16.0 Å². The Bertz CT molecular complexity index is 283. The predicted octanol–water partition coefficient (Wildman–Crippen LogP) is -0.149. The van der Waals surface area contributed by atoms with Crippen LogP contribution < -0.4 is 11.1 Å². The van der Waals surface area contributed by atoms with Crippen molar-refractivity contribution in [2.75, 3.05) is 13.1 Å². The zero-order valence-corrected chi connectivity index (χ0v) is 10.2. The van der Waals surface area contributed by atoms with Crippen molar-refractivity contribution in [3.63, 3.8) is 0 Å². The minimum absolute atomic E-state index is 0.000127. The van der Waals surface area contributed by atoms with Crippen LogP contribution in [0.2, 0.25) is 0 Å². The van der Waals surface area contributed by atoms with Crippen molar-refractivity contribution in [2.24, 2.45) is 5.73 Å². The third-order valence-electron chi connectivity index (χ3n) is 2.39. The van der Waals surface area contributed by atoms with Gasteiger partial charge in [0.05, 0.1) is 6.54 Å². The maximum Gasteiger partial charge on any atom is 0.240 e. The summed E-state index contributed by atoms with van der Waals surface area (Å²) < 4.78 is 0. The molecule has 0 aliphatic carbocycles. The van der Waals surface area contributed by atoms with E-state index in [1.807, 2.05) is 20.8 Å². The third kappa shape index (κ3) is 4.18. The Morgan fingerprint density at radius 3 is 2.75 bits per heavy atom. The Balaban J connectivity index is 2.46. The monoisotopic (exact) mass is 227 g/mol. The summed E-state index contributed by atoms with van der Waals surface area (Å²) in [5, 5.41) is 2.83. The summed E-state index contributed by atoms with van der Waals surface area (Å²) in [6.07, 6.45) is 1.17. The van der Waals surface area contributed by atoms with Crippen molar-refractivity contribution < 1.29 is 9.59 Å². The van der Waals surface area contributed by atoms with Gasteiger partial charge in [0.15, 0.2) is 0 Å². The van der Waals surface area contributed by atoms with E-state index in [0.717, 1.165) is 6.42 Å². The van der Waals surface area contributed by atoms with Gasteiger partial charge >= 0.3 is 0 Å². The molecule has 1 atom stereocenters. The Labute approximate surface area is 96.4 Å². The highest BCUT2D eigenvalue weighted by Crippen LogP contribution is 2.09. The minimum atomic E-state index is -0.266. The fraction of sp³-hybridized carbons (Fsp3) is 0.818. The van der Waals surface area contributed by atoms with Gasteiger partial charge in [-0.15, -0.1) is 0 Å². The second-order valence-electron chi connectivity index (χ2n) is 5.37. The molecule has 92 valence electrons. The van der Waals surface area contributed by atoms with Crippen LogP contribution in [0.4, 0.5) is 0 Å². The maximum atomic E-state index is 11.6. The molecular weight excluding hydrogens is 206 g/mol. The molecule has 1 aliphatic rings. The van der Waals surface area contributed by atoms with E-state index < -0.39 is 0 Å². The summed E-state index contributed by atoms with van der Waals surface area (Å²) in [5.74, 6) is -0.110. The standard InChI is InChI=1S/C11H21N3O2/c1-11(2,3)13-9(15)7-14-6-8(12)4-5-10(14)16/h8H,4-7,12H2,1-3H3,(H,13,15). The van der Waals surface area contributed by atoms with E-state index in [4.69, 9.17) is 5.73 Å². The number of hydrogen-bond acceptors (Lipinski definition) is 3. The summed E-state index contributed by atoms with van der Waals surface area (Å²) in [7, 11) is 0. The van der Waals surface area contributed by atoms with E-state index in [2.05, 4.69) is 5.32 Å². The number of nitrogens with one attached hydrogen (secondary N) is 1. The molecule has 1 fully saturated rings. The van der Waals surface area contributed by atoms with Crippen LogP contribution in [0.15, 0.2) is 0 Å². The first-order chi connectivity index (χ1) is 7.28.